The lowest BCUT2D eigenvalue weighted by molar-refractivity contribution is -0.140. The Kier molecular flexibility index (Phi) is 5.58. The van der Waals surface area contributed by atoms with Crippen LogP contribution in [0.2, 0.25) is 0 Å². The normalized spacial score (nSPS) is 27.9. The predicted molar refractivity (Wildman–Crippen MR) is 109 cm³/mol. The van der Waals surface area contributed by atoms with Crippen molar-refractivity contribution in [1.82, 2.24) is 15.1 Å². The summed E-state index contributed by atoms with van der Waals surface area (Å²) < 4.78 is 11.7. The molecule has 1 saturated carbocycles. The van der Waals surface area contributed by atoms with Crippen molar-refractivity contribution in [3.63, 3.8) is 0 Å². The number of benzene rings is 1. The molecule has 1 N–H and O–H groups in total. The predicted octanol–water partition coefficient (Wildman–Crippen LogP) is 2.18. The van der Waals surface area contributed by atoms with Crippen LogP contribution in [0.5, 0.6) is 11.5 Å². The van der Waals surface area contributed by atoms with E-state index in [9.17, 15) is 14.4 Å². The van der Waals surface area contributed by atoms with Gasteiger partial charge in [-0.05, 0) is 50.7 Å². The molecule has 1 saturated heterocycles. The monoisotopic (exact) mass is 415 g/mol. The van der Waals surface area contributed by atoms with E-state index in [4.69, 9.17) is 9.47 Å². The summed E-state index contributed by atoms with van der Waals surface area (Å²) in [5.74, 6) is 1.35. The van der Waals surface area contributed by atoms with Gasteiger partial charge in [0.1, 0.15) is 18.7 Å². The van der Waals surface area contributed by atoms with Crippen molar-refractivity contribution in [3.05, 3.63) is 24.3 Å². The van der Waals surface area contributed by atoms with Crippen LogP contribution >= 0.6 is 0 Å². The zero-order chi connectivity index (χ0) is 21.3. The summed E-state index contributed by atoms with van der Waals surface area (Å²) in [7, 11) is 0. The smallest absolute Gasteiger partial charge is 0.325 e. The van der Waals surface area contributed by atoms with Gasteiger partial charge in [0.2, 0.25) is 5.91 Å². The molecule has 162 valence electrons. The number of likely N-dealkylation sites (N-methyl/N-ethyl adjacent to an activating group) is 1. The quantitative estimate of drug-likeness (QED) is 0.745. The van der Waals surface area contributed by atoms with Crippen LogP contribution in [0.25, 0.3) is 0 Å². The van der Waals surface area contributed by atoms with Gasteiger partial charge in [0.05, 0.1) is 6.54 Å². The first kappa shape index (κ1) is 20.5. The van der Waals surface area contributed by atoms with Crippen LogP contribution in [-0.4, -0.2) is 65.5 Å². The number of nitrogens with zero attached hydrogens (tertiary/aromatic N) is 2. The fraction of sp³-hybridized carbons (Fsp3) is 0.591. The van der Waals surface area contributed by atoms with Crippen molar-refractivity contribution < 1.29 is 23.9 Å². The number of amides is 4. The summed E-state index contributed by atoms with van der Waals surface area (Å²) >= 11 is 0. The molecular formula is C22H29N3O5. The molecule has 1 aromatic rings. The Morgan fingerprint density at radius 1 is 1.23 bits per heavy atom. The molecule has 4 rings (SSSR count). The van der Waals surface area contributed by atoms with Crippen molar-refractivity contribution in [2.75, 3.05) is 26.2 Å². The molecule has 0 radical (unpaired) electrons. The Hall–Kier alpha value is -2.77. The molecule has 4 amide bonds. The molecule has 0 aromatic heterocycles. The standard InChI is InChI=1S/C22H29N3O5/c1-3-24(12-16-14-29-17-6-4-5-7-18(17)30-16)19(26)13-25-20(27)22(23-21(25)28)10-8-15(2)9-11-22/h4-7,15-16H,3,8-14H2,1-2H3,(H,23,28)/t15?,16-,22?/m1/s1. The zero-order valence-corrected chi connectivity index (χ0v) is 17.6. The SMILES string of the molecule is CCN(C[C@@H]1COc2ccccc2O1)C(=O)CN1C(=O)NC2(CCC(C)CC2)C1=O. The van der Waals surface area contributed by atoms with Gasteiger partial charge >= 0.3 is 6.03 Å². The minimum Gasteiger partial charge on any atom is -0.486 e. The van der Waals surface area contributed by atoms with Gasteiger partial charge in [-0.3, -0.25) is 14.5 Å². The lowest BCUT2D eigenvalue weighted by Crippen LogP contribution is -2.50. The van der Waals surface area contributed by atoms with Crippen LogP contribution in [0.15, 0.2) is 24.3 Å². The second kappa shape index (κ2) is 8.16. The highest BCUT2D eigenvalue weighted by Gasteiger charge is 2.52. The highest BCUT2D eigenvalue weighted by atomic mass is 16.6. The number of hydrogen-bond donors (Lipinski definition) is 1. The first-order valence-corrected chi connectivity index (χ1v) is 10.7. The maximum absolute atomic E-state index is 13.0. The summed E-state index contributed by atoms with van der Waals surface area (Å²) in [5, 5.41) is 2.87. The van der Waals surface area contributed by atoms with Crippen LogP contribution < -0.4 is 14.8 Å². The fourth-order valence-corrected chi connectivity index (χ4v) is 4.46. The third-order valence-electron chi connectivity index (χ3n) is 6.39. The number of fused-ring (bicyclic) bond motifs is 1. The Bertz CT molecular complexity index is 834. The number of hydrogen-bond acceptors (Lipinski definition) is 5. The molecule has 1 aromatic carbocycles. The molecule has 3 aliphatic rings. The van der Waals surface area contributed by atoms with E-state index in [1.54, 1.807) is 4.90 Å². The number of nitrogens with one attached hydrogen (secondary N) is 1. The summed E-state index contributed by atoms with van der Waals surface area (Å²) in [6.07, 6.45) is 2.75. The third-order valence-corrected chi connectivity index (χ3v) is 6.39. The summed E-state index contributed by atoms with van der Waals surface area (Å²) in [5.41, 5.74) is -0.828. The molecular weight excluding hydrogens is 386 g/mol. The largest absolute Gasteiger partial charge is 0.486 e. The van der Waals surface area contributed by atoms with E-state index in [0.29, 0.717) is 50.0 Å². The van der Waals surface area contributed by atoms with Gasteiger partial charge in [-0.1, -0.05) is 19.1 Å². The Morgan fingerprint density at radius 2 is 1.93 bits per heavy atom. The first-order valence-electron chi connectivity index (χ1n) is 10.7. The average Bonchev–Trinajstić information content (AvgIpc) is 2.98. The molecule has 1 aliphatic carbocycles. The van der Waals surface area contributed by atoms with Gasteiger partial charge in [0, 0.05) is 6.54 Å². The highest BCUT2D eigenvalue weighted by molar-refractivity contribution is 6.09. The van der Waals surface area contributed by atoms with Gasteiger partial charge in [0.15, 0.2) is 17.6 Å². The van der Waals surface area contributed by atoms with Crippen LogP contribution in [-0.2, 0) is 9.59 Å². The summed E-state index contributed by atoms with van der Waals surface area (Å²) in [6.45, 7) is 4.89. The van der Waals surface area contributed by atoms with E-state index in [0.717, 1.165) is 17.7 Å². The molecule has 0 bridgehead atoms. The van der Waals surface area contributed by atoms with Crippen LogP contribution in [0, 0.1) is 5.92 Å². The third kappa shape index (κ3) is 3.82. The number of ether oxygens (including phenoxy) is 2. The van der Waals surface area contributed by atoms with E-state index in [1.165, 1.54) is 0 Å². The Morgan fingerprint density at radius 3 is 2.63 bits per heavy atom. The molecule has 2 heterocycles. The molecule has 0 unspecified atom stereocenters. The van der Waals surface area contributed by atoms with Gasteiger partial charge < -0.3 is 19.7 Å². The van der Waals surface area contributed by atoms with Gasteiger partial charge in [-0.25, -0.2) is 4.79 Å². The van der Waals surface area contributed by atoms with Crippen molar-refractivity contribution in [1.29, 1.82) is 0 Å². The van der Waals surface area contributed by atoms with Crippen molar-refractivity contribution in [3.8, 4) is 11.5 Å². The number of carbonyl (C=O) groups is 3. The van der Waals surface area contributed by atoms with Crippen molar-refractivity contribution >= 4 is 17.8 Å². The Labute approximate surface area is 176 Å². The van der Waals surface area contributed by atoms with E-state index < -0.39 is 11.6 Å². The van der Waals surface area contributed by atoms with Crippen LogP contribution in [0.4, 0.5) is 4.79 Å². The van der Waals surface area contributed by atoms with E-state index in [2.05, 4.69) is 12.2 Å². The van der Waals surface area contributed by atoms with E-state index in [-0.39, 0.29) is 24.5 Å². The average molecular weight is 415 g/mol. The minimum absolute atomic E-state index is 0.250. The first-order chi connectivity index (χ1) is 14.4. The number of carbonyl (C=O) groups excluding carboxylic acids is 3. The highest BCUT2D eigenvalue weighted by Crippen LogP contribution is 2.36. The topological polar surface area (TPSA) is 88.2 Å². The summed E-state index contributed by atoms with van der Waals surface area (Å²) in [4.78, 5) is 41.1. The molecule has 8 nitrogen and oxygen atoms in total. The maximum atomic E-state index is 13.0. The van der Waals surface area contributed by atoms with Gasteiger partial charge in [-0.2, -0.15) is 0 Å². The number of urea groups is 1. The van der Waals surface area contributed by atoms with Crippen molar-refractivity contribution in [2.45, 2.75) is 51.2 Å². The van der Waals surface area contributed by atoms with Gasteiger partial charge in [0.25, 0.3) is 5.91 Å². The van der Waals surface area contributed by atoms with Gasteiger partial charge in [-0.15, -0.1) is 0 Å². The second-order valence-corrected chi connectivity index (χ2v) is 8.52. The van der Waals surface area contributed by atoms with Crippen molar-refractivity contribution in [2.24, 2.45) is 5.92 Å². The Balaban J connectivity index is 1.37. The van der Waals surface area contributed by atoms with Crippen LogP contribution in [0.1, 0.15) is 39.5 Å². The molecule has 30 heavy (non-hydrogen) atoms. The lowest BCUT2D eigenvalue weighted by atomic mass is 9.77. The van der Waals surface area contributed by atoms with E-state index >= 15 is 0 Å². The van der Waals surface area contributed by atoms with Crippen LogP contribution in [0.3, 0.4) is 0 Å². The number of para-hydroxylation sites is 2. The fourth-order valence-electron chi connectivity index (χ4n) is 4.46. The lowest BCUT2D eigenvalue weighted by Gasteiger charge is -2.34. The maximum Gasteiger partial charge on any atom is 0.325 e. The molecule has 1 atom stereocenters. The number of rotatable bonds is 5. The second-order valence-electron chi connectivity index (χ2n) is 8.52. The molecule has 2 aliphatic heterocycles. The summed E-state index contributed by atoms with van der Waals surface area (Å²) in [6, 6.07) is 6.95. The van der Waals surface area contributed by atoms with E-state index in [1.807, 2.05) is 31.2 Å². The molecule has 2 fully saturated rings. The molecule has 8 heteroatoms. The zero-order valence-electron chi connectivity index (χ0n) is 17.6. The molecule has 1 spiro atoms. The minimum atomic E-state index is -0.828. The number of imide groups is 1.